The van der Waals surface area contributed by atoms with E-state index in [0.717, 1.165) is 12.8 Å². The molecule has 0 aromatic carbocycles. The molecule has 7 heteroatoms. The van der Waals surface area contributed by atoms with Crippen molar-refractivity contribution in [2.45, 2.75) is 70.4 Å². The number of fused-ring (bicyclic) bond motifs is 1. The van der Waals surface area contributed by atoms with Gasteiger partial charge in [0.15, 0.2) is 0 Å². The first kappa shape index (κ1) is 19.1. The normalized spacial score (nSPS) is 38.3. The molecule has 0 amide bonds. The molecule has 0 aromatic heterocycles. The van der Waals surface area contributed by atoms with Crippen LogP contribution >= 0.6 is 0 Å². The van der Waals surface area contributed by atoms with Gasteiger partial charge in [0.2, 0.25) is 5.67 Å². The van der Waals surface area contributed by atoms with Crippen molar-refractivity contribution in [1.82, 2.24) is 0 Å². The fourth-order valence-electron chi connectivity index (χ4n) is 4.00. The van der Waals surface area contributed by atoms with E-state index >= 15 is 4.39 Å². The van der Waals surface area contributed by atoms with Crippen molar-refractivity contribution in [3.8, 4) is 0 Å². The lowest BCUT2D eigenvalue weighted by Gasteiger charge is -2.35. The molecule has 0 spiro atoms. The average molecular weight is 345 g/mol. The Morgan fingerprint density at radius 1 is 1.21 bits per heavy atom. The second-order valence-electron chi connectivity index (χ2n) is 6.69. The molecule has 0 bridgehead atoms. The summed E-state index contributed by atoms with van der Waals surface area (Å²) in [5, 5.41) is 0. The number of halogens is 1. The maximum absolute atomic E-state index is 15.1. The van der Waals surface area contributed by atoms with Crippen molar-refractivity contribution < 1.29 is 28.2 Å². The largest absolute Gasteiger partial charge is 0.465 e. The van der Waals surface area contributed by atoms with E-state index in [-0.39, 0.29) is 25.7 Å². The summed E-state index contributed by atoms with van der Waals surface area (Å²) in [6.45, 7) is 7.40. The van der Waals surface area contributed by atoms with Gasteiger partial charge in [-0.05, 0) is 33.6 Å². The van der Waals surface area contributed by atoms with Gasteiger partial charge < -0.3 is 19.9 Å². The predicted molar refractivity (Wildman–Crippen MR) is 84.9 cm³/mol. The van der Waals surface area contributed by atoms with E-state index in [1.165, 1.54) is 0 Å². The van der Waals surface area contributed by atoms with Crippen molar-refractivity contribution in [1.29, 1.82) is 0 Å². The second kappa shape index (κ2) is 6.96. The van der Waals surface area contributed by atoms with E-state index in [4.69, 9.17) is 19.9 Å². The number of hydrogen-bond acceptors (Lipinski definition) is 6. The number of alkyl halides is 1. The summed E-state index contributed by atoms with van der Waals surface area (Å²) < 4.78 is 30.9. The Balaban J connectivity index is 2.23. The summed E-state index contributed by atoms with van der Waals surface area (Å²) in [5.74, 6) is -3.28. The number of ether oxygens (including phenoxy) is 3. The number of hydrogen-bond donors (Lipinski definition) is 1. The van der Waals surface area contributed by atoms with Crippen LogP contribution in [-0.4, -0.2) is 48.6 Å². The fraction of sp³-hybridized carbons (Fsp3) is 0.882. The average Bonchev–Trinajstić information content (AvgIpc) is 3.00. The smallest absolute Gasteiger partial charge is 0.344 e. The van der Waals surface area contributed by atoms with E-state index in [9.17, 15) is 9.59 Å². The molecule has 6 atom stereocenters. The molecule has 2 rings (SSSR count). The molecule has 2 aliphatic rings. The van der Waals surface area contributed by atoms with Crippen LogP contribution in [0.15, 0.2) is 0 Å². The first-order valence-corrected chi connectivity index (χ1v) is 8.75. The van der Waals surface area contributed by atoms with Crippen molar-refractivity contribution in [2.75, 3.05) is 13.2 Å². The van der Waals surface area contributed by atoms with Crippen LogP contribution in [0.25, 0.3) is 0 Å². The molecule has 2 N–H and O–H groups in total. The molecule has 2 saturated carbocycles. The summed E-state index contributed by atoms with van der Waals surface area (Å²) in [6, 6.07) is 0. The maximum atomic E-state index is 15.1. The molecule has 0 radical (unpaired) electrons. The van der Waals surface area contributed by atoms with Crippen LogP contribution in [0.1, 0.15) is 47.0 Å². The van der Waals surface area contributed by atoms with Gasteiger partial charge in [0.05, 0.1) is 25.4 Å². The Morgan fingerprint density at radius 3 is 2.33 bits per heavy atom. The molecule has 6 nitrogen and oxygen atoms in total. The summed E-state index contributed by atoms with van der Waals surface area (Å²) in [7, 11) is 0. The van der Waals surface area contributed by atoms with E-state index in [1.807, 2.05) is 13.8 Å². The molecule has 2 fully saturated rings. The van der Waals surface area contributed by atoms with Gasteiger partial charge in [-0.1, -0.05) is 13.3 Å². The molecular weight excluding hydrogens is 317 g/mol. The molecule has 0 saturated heterocycles. The summed E-state index contributed by atoms with van der Waals surface area (Å²) in [4.78, 5) is 24.5. The first-order valence-electron chi connectivity index (χ1n) is 8.75. The maximum Gasteiger partial charge on any atom is 0.344 e. The highest BCUT2D eigenvalue weighted by Gasteiger charge is 2.85. The van der Waals surface area contributed by atoms with Crippen molar-refractivity contribution >= 4 is 11.9 Å². The lowest BCUT2D eigenvalue weighted by molar-refractivity contribution is -0.164. The quantitative estimate of drug-likeness (QED) is 0.674. The monoisotopic (exact) mass is 345 g/mol. The van der Waals surface area contributed by atoms with E-state index in [1.54, 1.807) is 13.8 Å². The third-order valence-corrected chi connectivity index (χ3v) is 5.11. The Bertz CT molecular complexity index is 501. The van der Waals surface area contributed by atoms with Crippen LogP contribution in [-0.2, 0) is 23.8 Å². The molecule has 0 heterocycles. The van der Waals surface area contributed by atoms with Gasteiger partial charge in [-0.15, -0.1) is 0 Å². The van der Waals surface area contributed by atoms with Crippen LogP contribution < -0.4 is 5.73 Å². The molecule has 24 heavy (non-hydrogen) atoms. The molecule has 2 aliphatic carbocycles. The summed E-state index contributed by atoms with van der Waals surface area (Å²) >= 11 is 0. The van der Waals surface area contributed by atoms with Gasteiger partial charge in [-0.25, -0.2) is 14.0 Å². The molecule has 1 unspecified atom stereocenters. The van der Waals surface area contributed by atoms with Gasteiger partial charge in [0.25, 0.3) is 0 Å². The lowest BCUT2D eigenvalue weighted by Crippen LogP contribution is -2.61. The first-order chi connectivity index (χ1) is 11.3. The highest BCUT2D eigenvalue weighted by atomic mass is 19.1. The predicted octanol–water partition coefficient (Wildman–Crippen LogP) is 1.74. The van der Waals surface area contributed by atoms with E-state index in [2.05, 4.69) is 0 Å². The van der Waals surface area contributed by atoms with Crippen LogP contribution in [0.3, 0.4) is 0 Å². The SMILES string of the molecule is CCCC(C)O[C@@H]1C[C@@H]2[C@H]([C@]1(N)C(=O)OCC)[C@@]2(F)C(=O)OCC. The third kappa shape index (κ3) is 2.81. The number of carbonyl (C=O) groups excluding carboxylic acids is 2. The van der Waals surface area contributed by atoms with Gasteiger partial charge in [-0.3, -0.25) is 0 Å². The zero-order chi connectivity index (χ0) is 18.1. The van der Waals surface area contributed by atoms with Gasteiger partial charge in [0.1, 0.15) is 5.54 Å². The standard InChI is InChI=1S/C17H28FNO5/c1-5-8-10(4)24-12-9-11-13(16(11,18)14(20)22-6-2)17(12,19)15(21)23-7-3/h10-13H,5-9,19H2,1-4H3/t10?,11-,12-,13+,16-,17+/m1/s1. The van der Waals surface area contributed by atoms with Gasteiger partial charge in [0, 0.05) is 11.8 Å². The Labute approximate surface area is 142 Å². The highest BCUT2D eigenvalue weighted by Crippen LogP contribution is 2.67. The summed E-state index contributed by atoms with van der Waals surface area (Å²) in [6.07, 6.45) is 1.18. The van der Waals surface area contributed by atoms with E-state index in [0.29, 0.717) is 0 Å². The van der Waals surface area contributed by atoms with E-state index < -0.39 is 41.1 Å². The Kier molecular flexibility index (Phi) is 5.54. The number of carbonyl (C=O) groups is 2. The third-order valence-electron chi connectivity index (χ3n) is 5.11. The number of rotatable bonds is 8. The molecule has 0 aliphatic heterocycles. The zero-order valence-electron chi connectivity index (χ0n) is 14.8. The lowest BCUT2D eigenvalue weighted by atomic mass is 9.87. The van der Waals surface area contributed by atoms with Crippen LogP contribution in [0.4, 0.5) is 4.39 Å². The minimum absolute atomic E-state index is 0.0778. The second-order valence-corrected chi connectivity index (χ2v) is 6.69. The minimum Gasteiger partial charge on any atom is -0.465 e. The highest BCUT2D eigenvalue weighted by molar-refractivity contribution is 5.92. The Hall–Kier alpha value is -1.21. The number of esters is 2. The molecular formula is C17H28FNO5. The van der Waals surface area contributed by atoms with Crippen LogP contribution in [0.5, 0.6) is 0 Å². The topological polar surface area (TPSA) is 87.9 Å². The molecule has 0 aromatic rings. The minimum atomic E-state index is -2.22. The Morgan fingerprint density at radius 2 is 1.79 bits per heavy atom. The van der Waals surface area contributed by atoms with Crippen LogP contribution in [0.2, 0.25) is 0 Å². The van der Waals surface area contributed by atoms with Gasteiger partial charge >= 0.3 is 11.9 Å². The van der Waals surface area contributed by atoms with Crippen LogP contribution in [0, 0.1) is 11.8 Å². The number of nitrogens with two attached hydrogens (primary N) is 1. The van der Waals surface area contributed by atoms with Crippen molar-refractivity contribution in [3.05, 3.63) is 0 Å². The zero-order valence-corrected chi connectivity index (χ0v) is 14.8. The van der Waals surface area contributed by atoms with Crippen molar-refractivity contribution in [2.24, 2.45) is 17.6 Å². The summed E-state index contributed by atoms with van der Waals surface area (Å²) in [5.41, 5.74) is 2.45. The fourth-order valence-corrected chi connectivity index (χ4v) is 4.00. The van der Waals surface area contributed by atoms with Gasteiger partial charge in [-0.2, -0.15) is 0 Å². The molecule has 138 valence electrons. The van der Waals surface area contributed by atoms with Crippen molar-refractivity contribution in [3.63, 3.8) is 0 Å².